The highest BCUT2D eigenvalue weighted by Gasteiger charge is 2.14. The zero-order chi connectivity index (χ0) is 24.6. The second-order valence-electron chi connectivity index (χ2n) is 8.07. The highest BCUT2D eigenvalue weighted by Crippen LogP contribution is 2.32. The Bertz CT molecular complexity index is 1820. The van der Waals surface area contributed by atoms with Crippen molar-refractivity contribution >= 4 is 67.2 Å². The average molecular weight is 474 g/mol. The summed E-state index contributed by atoms with van der Waals surface area (Å²) < 4.78 is 4.69. The van der Waals surface area contributed by atoms with Gasteiger partial charge in [-0.15, -0.1) is 0 Å². The van der Waals surface area contributed by atoms with Crippen LogP contribution in [0.1, 0.15) is 10.4 Å². The molecule has 0 bridgehead atoms. The van der Waals surface area contributed by atoms with E-state index in [1.54, 1.807) is 48.8 Å². The third kappa shape index (κ3) is 3.68. The zero-order valence-corrected chi connectivity index (χ0v) is 19.0. The predicted octanol–water partition coefficient (Wildman–Crippen LogP) is 5.31. The smallest absolute Gasteiger partial charge is 0.337 e. The molecular weight excluding hydrogens is 456 g/mol. The fourth-order valence-corrected chi connectivity index (χ4v) is 4.18. The van der Waals surface area contributed by atoms with Gasteiger partial charge < -0.3 is 15.4 Å². The lowest BCUT2D eigenvalue weighted by atomic mass is 10.1. The van der Waals surface area contributed by atoms with E-state index in [9.17, 15) is 9.59 Å². The fourth-order valence-electron chi connectivity index (χ4n) is 4.18. The summed E-state index contributed by atoms with van der Waals surface area (Å²) in [5, 5.41) is 7.30. The Morgan fingerprint density at radius 1 is 0.694 bits per heavy atom. The number of anilines is 2. The Kier molecular flexibility index (Phi) is 5.07. The number of carbonyl (C=O) groups is 2. The van der Waals surface area contributed by atoms with Gasteiger partial charge in [-0.1, -0.05) is 0 Å². The van der Waals surface area contributed by atoms with Gasteiger partial charge in [0.25, 0.3) is 0 Å². The van der Waals surface area contributed by atoms with Crippen molar-refractivity contribution in [3.05, 3.63) is 84.7 Å². The van der Waals surface area contributed by atoms with Crippen LogP contribution in [-0.2, 0) is 4.74 Å². The Morgan fingerprint density at radius 3 is 1.92 bits per heavy atom. The van der Waals surface area contributed by atoms with Crippen LogP contribution < -0.4 is 10.6 Å². The van der Waals surface area contributed by atoms with Crippen molar-refractivity contribution < 1.29 is 14.3 Å². The number of carbonyl (C=O) groups excluding carboxylic acids is 2. The lowest BCUT2D eigenvalue weighted by Gasteiger charge is -2.11. The molecule has 2 N–H and O–H groups in total. The van der Waals surface area contributed by atoms with Crippen molar-refractivity contribution in [3.63, 3.8) is 0 Å². The SMILES string of the molecule is COC(=O)c1ccc(NC(=O)Nc2ccc3nc4c5cccnc5c5ncccc5c4nc3c2)cc1. The number of nitrogens with one attached hydrogen (secondary N) is 2. The molecule has 6 aromatic rings. The highest BCUT2D eigenvalue weighted by atomic mass is 16.5. The van der Waals surface area contributed by atoms with Crippen LogP contribution in [0.25, 0.3) is 43.9 Å². The first-order valence-corrected chi connectivity index (χ1v) is 11.1. The van der Waals surface area contributed by atoms with Gasteiger partial charge in [-0.3, -0.25) is 9.97 Å². The molecule has 3 aromatic carbocycles. The van der Waals surface area contributed by atoms with E-state index in [0.29, 0.717) is 28.0 Å². The Balaban J connectivity index is 1.35. The number of fused-ring (bicyclic) bond motifs is 7. The van der Waals surface area contributed by atoms with Crippen LogP contribution in [0.3, 0.4) is 0 Å². The van der Waals surface area contributed by atoms with Gasteiger partial charge in [-0.25, -0.2) is 19.6 Å². The molecule has 0 fully saturated rings. The summed E-state index contributed by atoms with van der Waals surface area (Å²) in [5.74, 6) is -0.441. The molecule has 9 nitrogen and oxygen atoms in total. The quantitative estimate of drug-likeness (QED) is 0.203. The summed E-state index contributed by atoms with van der Waals surface area (Å²) in [4.78, 5) is 43.0. The van der Waals surface area contributed by atoms with Gasteiger partial charge in [0, 0.05) is 34.5 Å². The van der Waals surface area contributed by atoms with Crippen LogP contribution in [-0.4, -0.2) is 39.0 Å². The zero-order valence-electron chi connectivity index (χ0n) is 19.0. The van der Waals surface area contributed by atoms with Gasteiger partial charge >= 0.3 is 12.0 Å². The first kappa shape index (κ1) is 21.4. The number of methoxy groups -OCH3 is 1. The van der Waals surface area contributed by atoms with Crippen LogP contribution in [0.2, 0.25) is 0 Å². The van der Waals surface area contributed by atoms with E-state index in [1.165, 1.54) is 7.11 Å². The second-order valence-corrected chi connectivity index (χ2v) is 8.07. The number of nitrogens with zero attached hydrogens (tertiary/aromatic N) is 4. The summed E-state index contributed by atoms with van der Waals surface area (Å²) in [6.45, 7) is 0. The summed E-state index contributed by atoms with van der Waals surface area (Å²) in [6.07, 6.45) is 3.48. The van der Waals surface area contributed by atoms with Crippen LogP contribution in [0.15, 0.2) is 79.1 Å². The summed E-state index contributed by atoms with van der Waals surface area (Å²) in [7, 11) is 1.32. The lowest BCUT2D eigenvalue weighted by molar-refractivity contribution is 0.0600. The molecule has 0 aliphatic rings. The number of hydrogen-bond acceptors (Lipinski definition) is 7. The molecule has 0 aliphatic carbocycles. The summed E-state index contributed by atoms with van der Waals surface area (Å²) in [5.41, 5.74) is 5.84. The summed E-state index contributed by atoms with van der Waals surface area (Å²) in [6, 6.07) is 19.0. The van der Waals surface area contributed by atoms with Crippen molar-refractivity contribution in [2.75, 3.05) is 17.7 Å². The third-order valence-corrected chi connectivity index (χ3v) is 5.84. The molecule has 0 unspecified atom stereocenters. The number of aromatic nitrogens is 4. The Morgan fingerprint density at radius 2 is 1.28 bits per heavy atom. The normalized spacial score (nSPS) is 11.1. The molecular formula is C27H18N6O3. The fraction of sp³-hybridized carbons (Fsp3) is 0.0370. The van der Waals surface area contributed by atoms with Gasteiger partial charge in [0.05, 0.1) is 45.8 Å². The molecule has 0 saturated heterocycles. The number of amides is 2. The minimum absolute atomic E-state index is 0.398. The summed E-state index contributed by atoms with van der Waals surface area (Å²) >= 11 is 0. The number of pyridine rings is 2. The van der Waals surface area contributed by atoms with Gasteiger partial charge in [-0.2, -0.15) is 0 Å². The van der Waals surface area contributed by atoms with Crippen LogP contribution in [0.4, 0.5) is 16.2 Å². The van der Waals surface area contributed by atoms with E-state index in [1.807, 2.05) is 30.3 Å². The first-order valence-electron chi connectivity index (χ1n) is 11.1. The predicted molar refractivity (Wildman–Crippen MR) is 138 cm³/mol. The van der Waals surface area contributed by atoms with Crippen molar-refractivity contribution in [2.24, 2.45) is 0 Å². The number of benzene rings is 3. The molecule has 36 heavy (non-hydrogen) atoms. The molecule has 0 saturated carbocycles. The largest absolute Gasteiger partial charge is 0.465 e. The Hall–Kier alpha value is -5.18. The number of urea groups is 1. The van der Waals surface area contributed by atoms with E-state index in [-0.39, 0.29) is 0 Å². The molecule has 6 rings (SSSR count). The topological polar surface area (TPSA) is 119 Å². The second kappa shape index (κ2) is 8.55. The maximum atomic E-state index is 12.6. The Labute approximate surface area is 204 Å². The van der Waals surface area contributed by atoms with Crippen molar-refractivity contribution in [1.82, 2.24) is 19.9 Å². The molecule has 174 valence electrons. The number of esters is 1. The maximum absolute atomic E-state index is 12.6. The molecule has 2 amide bonds. The number of ether oxygens (including phenoxy) is 1. The van der Waals surface area contributed by atoms with Crippen LogP contribution in [0.5, 0.6) is 0 Å². The van der Waals surface area contributed by atoms with E-state index < -0.39 is 12.0 Å². The van der Waals surface area contributed by atoms with Crippen molar-refractivity contribution in [3.8, 4) is 0 Å². The van der Waals surface area contributed by atoms with Gasteiger partial charge in [0.15, 0.2) is 0 Å². The number of rotatable bonds is 3. The lowest BCUT2D eigenvalue weighted by Crippen LogP contribution is -2.19. The highest BCUT2D eigenvalue weighted by molar-refractivity contribution is 6.21. The minimum Gasteiger partial charge on any atom is -0.465 e. The van der Waals surface area contributed by atoms with E-state index in [2.05, 4.69) is 25.3 Å². The molecule has 0 spiro atoms. The average Bonchev–Trinajstić information content (AvgIpc) is 2.92. The van der Waals surface area contributed by atoms with Crippen LogP contribution >= 0.6 is 0 Å². The van der Waals surface area contributed by atoms with Gasteiger partial charge in [-0.05, 0) is 66.7 Å². The maximum Gasteiger partial charge on any atom is 0.337 e. The van der Waals surface area contributed by atoms with Crippen LogP contribution in [0, 0.1) is 0 Å². The van der Waals surface area contributed by atoms with Gasteiger partial charge in [0.2, 0.25) is 0 Å². The monoisotopic (exact) mass is 474 g/mol. The minimum atomic E-state index is -0.441. The molecule has 3 aromatic heterocycles. The van der Waals surface area contributed by atoms with E-state index >= 15 is 0 Å². The third-order valence-electron chi connectivity index (χ3n) is 5.84. The molecule has 0 atom stereocenters. The van der Waals surface area contributed by atoms with Crippen molar-refractivity contribution in [2.45, 2.75) is 0 Å². The van der Waals surface area contributed by atoms with Gasteiger partial charge in [0.1, 0.15) is 0 Å². The molecule has 3 heterocycles. The first-order chi connectivity index (χ1) is 17.6. The molecule has 9 heteroatoms. The standard InChI is InChI=1S/C27H18N6O3/c1-36-26(34)15-6-8-16(9-7-15)30-27(35)31-17-10-11-20-21(14-17)33-25-19-5-3-13-29-23(19)22-18(24(25)32-20)4-2-12-28-22/h2-14H,1H3,(H2,30,31,35). The molecule has 0 aliphatic heterocycles. The number of hydrogen-bond donors (Lipinski definition) is 2. The van der Waals surface area contributed by atoms with E-state index in [4.69, 9.17) is 9.97 Å². The van der Waals surface area contributed by atoms with Crippen molar-refractivity contribution in [1.29, 1.82) is 0 Å². The van der Waals surface area contributed by atoms with E-state index in [0.717, 1.165) is 32.8 Å². The molecule has 0 radical (unpaired) electrons.